The van der Waals surface area contributed by atoms with E-state index in [2.05, 4.69) is 5.32 Å². The van der Waals surface area contributed by atoms with Crippen LogP contribution in [0, 0.1) is 17.8 Å². The summed E-state index contributed by atoms with van der Waals surface area (Å²) in [5, 5.41) is 12.0. The van der Waals surface area contributed by atoms with Crippen molar-refractivity contribution >= 4 is 11.9 Å². The van der Waals surface area contributed by atoms with Gasteiger partial charge in [-0.15, -0.1) is 0 Å². The van der Waals surface area contributed by atoms with Gasteiger partial charge in [0, 0.05) is 19.0 Å². The fourth-order valence-corrected chi connectivity index (χ4v) is 2.61. The van der Waals surface area contributed by atoms with Crippen molar-refractivity contribution in [3.63, 3.8) is 0 Å². The number of hydrogen-bond donors (Lipinski definition) is 3. The van der Waals surface area contributed by atoms with Crippen LogP contribution in [0.2, 0.25) is 0 Å². The van der Waals surface area contributed by atoms with Gasteiger partial charge in [-0.2, -0.15) is 0 Å². The van der Waals surface area contributed by atoms with Crippen LogP contribution in [-0.4, -0.2) is 30.1 Å². The zero-order valence-electron chi connectivity index (χ0n) is 11.0. The highest BCUT2D eigenvalue weighted by Gasteiger charge is 2.31. The molecule has 0 aromatic carbocycles. The Morgan fingerprint density at radius 1 is 1.39 bits per heavy atom. The Hall–Kier alpha value is -1.10. The molecule has 1 saturated carbocycles. The van der Waals surface area contributed by atoms with Crippen LogP contribution in [0.25, 0.3) is 0 Å². The van der Waals surface area contributed by atoms with E-state index in [0.717, 1.165) is 32.1 Å². The van der Waals surface area contributed by atoms with E-state index in [1.54, 1.807) is 0 Å². The Morgan fingerprint density at radius 3 is 2.61 bits per heavy atom. The summed E-state index contributed by atoms with van der Waals surface area (Å²) in [6.07, 6.45) is 4.36. The molecule has 1 amide bonds. The van der Waals surface area contributed by atoms with Crippen LogP contribution in [0.1, 0.15) is 39.0 Å². The highest BCUT2D eigenvalue weighted by atomic mass is 16.4. The van der Waals surface area contributed by atoms with Crippen molar-refractivity contribution in [1.29, 1.82) is 0 Å². The van der Waals surface area contributed by atoms with E-state index in [-0.39, 0.29) is 23.7 Å². The molecule has 3 atom stereocenters. The summed E-state index contributed by atoms with van der Waals surface area (Å²) in [6, 6.07) is 0. The van der Waals surface area contributed by atoms with Gasteiger partial charge >= 0.3 is 5.97 Å². The van der Waals surface area contributed by atoms with Crippen molar-refractivity contribution in [3.05, 3.63) is 0 Å². The van der Waals surface area contributed by atoms with Gasteiger partial charge in [-0.3, -0.25) is 9.59 Å². The second-order valence-corrected chi connectivity index (χ2v) is 5.08. The molecule has 0 saturated heterocycles. The molecule has 0 aromatic heterocycles. The smallest absolute Gasteiger partial charge is 0.306 e. The number of nitrogens with two attached hydrogens (primary N) is 1. The van der Waals surface area contributed by atoms with E-state index in [0.29, 0.717) is 13.1 Å². The molecular weight excluding hydrogens is 232 g/mol. The molecule has 1 fully saturated rings. The SMILES string of the molecule is CCC(CN)C(=O)NCC1CCCCC1C(=O)O. The van der Waals surface area contributed by atoms with E-state index < -0.39 is 5.97 Å². The topological polar surface area (TPSA) is 92.4 Å². The normalized spacial score (nSPS) is 25.4. The molecule has 5 heteroatoms. The van der Waals surface area contributed by atoms with Crippen LogP contribution in [-0.2, 0) is 9.59 Å². The second-order valence-electron chi connectivity index (χ2n) is 5.08. The molecule has 0 bridgehead atoms. The number of carboxylic acids is 1. The standard InChI is InChI=1S/C13H24N2O3/c1-2-9(7-14)12(16)15-8-10-5-3-4-6-11(10)13(17)18/h9-11H,2-8,14H2,1H3,(H,15,16)(H,17,18). The minimum Gasteiger partial charge on any atom is -0.481 e. The van der Waals surface area contributed by atoms with Crippen molar-refractivity contribution in [2.75, 3.05) is 13.1 Å². The predicted octanol–water partition coefficient (Wildman–Crippen LogP) is 0.979. The van der Waals surface area contributed by atoms with Crippen molar-refractivity contribution < 1.29 is 14.7 Å². The number of carbonyl (C=O) groups excluding carboxylic acids is 1. The Morgan fingerprint density at radius 2 is 2.06 bits per heavy atom. The highest BCUT2D eigenvalue weighted by Crippen LogP contribution is 2.29. The Balaban J connectivity index is 2.45. The van der Waals surface area contributed by atoms with Gasteiger partial charge in [-0.25, -0.2) is 0 Å². The van der Waals surface area contributed by atoms with Gasteiger partial charge in [-0.1, -0.05) is 19.8 Å². The molecule has 0 spiro atoms. The minimum absolute atomic E-state index is 0.0466. The average Bonchev–Trinajstić information content (AvgIpc) is 2.38. The van der Waals surface area contributed by atoms with Crippen LogP contribution in [0.4, 0.5) is 0 Å². The maximum atomic E-state index is 11.8. The molecule has 3 unspecified atom stereocenters. The van der Waals surface area contributed by atoms with Gasteiger partial charge in [0.2, 0.25) is 5.91 Å². The summed E-state index contributed by atoms with van der Waals surface area (Å²) in [6.45, 7) is 2.74. The van der Waals surface area contributed by atoms with E-state index in [4.69, 9.17) is 10.8 Å². The number of carboxylic acid groups (broad SMARTS) is 1. The molecule has 0 aliphatic heterocycles. The number of nitrogens with one attached hydrogen (secondary N) is 1. The Labute approximate surface area is 108 Å². The van der Waals surface area contributed by atoms with Gasteiger partial charge in [0.05, 0.1) is 5.92 Å². The lowest BCUT2D eigenvalue weighted by Crippen LogP contribution is -2.41. The number of aliphatic carboxylic acids is 1. The summed E-state index contributed by atoms with van der Waals surface area (Å²) in [4.78, 5) is 22.9. The number of amides is 1. The molecule has 0 radical (unpaired) electrons. The average molecular weight is 256 g/mol. The van der Waals surface area contributed by atoms with Crippen LogP contribution in [0.15, 0.2) is 0 Å². The Kier molecular flexibility index (Phi) is 6.12. The maximum absolute atomic E-state index is 11.8. The lowest BCUT2D eigenvalue weighted by molar-refractivity contribution is -0.145. The zero-order valence-corrected chi connectivity index (χ0v) is 11.0. The summed E-state index contributed by atoms with van der Waals surface area (Å²) in [5.74, 6) is -1.18. The Bertz CT molecular complexity index is 290. The van der Waals surface area contributed by atoms with Gasteiger partial charge in [0.25, 0.3) is 0 Å². The predicted molar refractivity (Wildman–Crippen MR) is 68.9 cm³/mol. The maximum Gasteiger partial charge on any atom is 0.306 e. The second kappa shape index (κ2) is 7.36. The first-order valence-electron chi connectivity index (χ1n) is 6.80. The van der Waals surface area contributed by atoms with Crippen LogP contribution >= 0.6 is 0 Å². The number of hydrogen-bond acceptors (Lipinski definition) is 3. The molecule has 1 rings (SSSR count). The summed E-state index contributed by atoms with van der Waals surface area (Å²) in [5.41, 5.74) is 5.51. The summed E-state index contributed by atoms with van der Waals surface area (Å²) in [7, 11) is 0. The van der Waals surface area contributed by atoms with Gasteiger partial charge in [0.1, 0.15) is 0 Å². The molecular formula is C13H24N2O3. The number of carbonyl (C=O) groups is 2. The first kappa shape index (κ1) is 15.0. The van der Waals surface area contributed by atoms with Gasteiger partial charge < -0.3 is 16.2 Å². The van der Waals surface area contributed by atoms with Crippen molar-refractivity contribution in [1.82, 2.24) is 5.32 Å². The van der Waals surface area contributed by atoms with Crippen LogP contribution in [0.3, 0.4) is 0 Å². The minimum atomic E-state index is -0.736. The molecule has 104 valence electrons. The molecule has 18 heavy (non-hydrogen) atoms. The van der Waals surface area contributed by atoms with E-state index in [1.165, 1.54) is 0 Å². The number of rotatable bonds is 6. The molecule has 0 heterocycles. The third-order valence-corrected chi connectivity index (χ3v) is 3.91. The van der Waals surface area contributed by atoms with E-state index in [9.17, 15) is 9.59 Å². The quantitative estimate of drug-likeness (QED) is 0.660. The molecule has 5 nitrogen and oxygen atoms in total. The molecule has 4 N–H and O–H groups in total. The first-order chi connectivity index (χ1) is 8.60. The lowest BCUT2D eigenvalue weighted by Gasteiger charge is -2.29. The first-order valence-corrected chi connectivity index (χ1v) is 6.80. The molecule has 1 aliphatic carbocycles. The van der Waals surface area contributed by atoms with Crippen molar-refractivity contribution in [2.45, 2.75) is 39.0 Å². The van der Waals surface area contributed by atoms with Crippen molar-refractivity contribution in [2.24, 2.45) is 23.5 Å². The highest BCUT2D eigenvalue weighted by molar-refractivity contribution is 5.79. The van der Waals surface area contributed by atoms with Crippen LogP contribution in [0.5, 0.6) is 0 Å². The zero-order chi connectivity index (χ0) is 13.5. The lowest BCUT2D eigenvalue weighted by atomic mass is 9.79. The van der Waals surface area contributed by atoms with Gasteiger partial charge in [0.15, 0.2) is 0 Å². The molecule has 0 aromatic rings. The third-order valence-electron chi connectivity index (χ3n) is 3.91. The van der Waals surface area contributed by atoms with E-state index >= 15 is 0 Å². The van der Waals surface area contributed by atoms with E-state index in [1.807, 2.05) is 6.92 Å². The largest absolute Gasteiger partial charge is 0.481 e. The van der Waals surface area contributed by atoms with Crippen LogP contribution < -0.4 is 11.1 Å². The van der Waals surface area contributed by atoms with Gasteiger partial charge in [-0.05, 0) is 25.2 Å². The van der Waals surface area contributed by atoms with Crippen molar-refractivity contribution in [3.8, 4) is 0 Å². The monoisotopic (exact) mass is 256 g/mol. The summed E-state index contributed by atoms with van der Waals surface area (Å²) < 4.78 is 0. The third kappa shape index (κ3) is 3.98. The fourth-order valence-electron chi connectivity index (χ4n) is 2.61. The summed E-state index contributed by atoms with van der Waals surface area (Å²) >= 11 is 0. The fraction of sp³-hybridized carbons (Fsp3) is 0.846. The molecule has 1 aliphatic rings.